The number of sulfonamides is 1. The first-order chi connectivity index (χ1) is 11.3. The molecule has 7 nitrogen and oxygen atoms in total. The zero-order valence-corrected chi connectivity index (χ0v) is 14.1. The average molecular weight is 347 g/mol. The Morgan fingerprint density at radius 1 is 1.29 bits per heavy atom. The highest BCUT2D eigenvalue weighted by molar-refractivity contribution is 7.89. The quantitative estimate of drug-likeness (QED) is 0.763. The van der Waals surface area contributed by atoms with E-state index in [-0.39, 0.29) is 23.9 Å². The summed E-state index contributed by atoms with van der Waals surface area (Å²) in [7, 11) is -3.67. The fraction of sp³-hybridized carbons (Fsp3) is 0.250. The highest BCUT2D eigenvalue weighted by Gasteiger charge is 2.14. The van der Waals surface area contributed by atoms with Crippen molar-refractivity contribution in [3.8, 4) is 12.3 Å². The van der Waals surface area contributed by atoms with Gasteiger partial charge in [0.2, 0.25) is 15.9 Å². The van der Waals surface area contributed by atoms with E-state index in [9.17, 15) is 13.2 Å². The maximum atomic E-state index is 12.1. The molecule has 8 heteroatoms. The molecule has 0 aliphatic rings. The molecule has 0 bridgehead atoms. The number of carbonyl (C=O) groups excluding carboxylic acids is 1. The summed E-state index contributed by atoms with van der Waals surface area (Å²) < 4.78 is 31.4. The Labute approximate surface area is 140 Å². The van der Waals surface area contributed by atoms with Gasteiger partial charge in [-0.2, -0.15) is 4.72 Å². The monoisotopic (exact) mass is 347 g/mol. The van der Waals surface area contributed by atoms with Crippen molar-refractivity contribution in [2.24, 2.45) is 0 Å². The minimum Gasteiger partial charge on any atom is -0.444 e. The topological polar surface area (TPSA) is 101 Å². The first-order valence-corrected chi connectivity index (χ1v) is 8.56. The number of oxazole rings is 1. The van der Waals surface area contributed by atoms with Crippen molar-refractivity contribution in [3.05, 3.63) is 47.2 Å². The predicted molar refractivity (Wildman–Crippen MR) is 87.6 cm³/mol. The number of aromatic nitrogens is 1. The summed E-state index contributed by atoms with van der Waals surface area (Å²) in [5, 5.41) is 2.66. The normalized spacial score (nSPS) is 11.0. The number of rotatable bonds is 6. The third-order valence-corrected chi connectivity index (χ3v) is 4.68. The molecular weight excluding hydrogens is 330 g/mol. The first-order valence-electron chi connectivity index (χ1n) is 7.08. The molecule has 1 amide bonds. The maximum absolute atomic E-state index is 12.1. The Morgan fingerprint density at radius 2 is 1.96 bits per heavy atom. The van der Waals surface area contributed by atoms with E-state index in [1.807, 2.05) is 6.92 Å². The van der Waals surface area contributed by atoms with Gasteiger partial charge in [-0.25, -0.2) is 13.4 Å². The fourth-order valence-electron chi connectivity index (χ4n) is 1.88. The van der Waals surface area contributed by atoms with E-state index in [0.717, 1.165) is 5.69 Å². The molecule has 0 spiro atoms. The van der Waals surface area contributed by atoms with E-state index in [1.165, 1.54) is 24.3 Å². The average Bonchev–Trinajstić information content (AvgIpc) is 2.89. The lowest BCUT2D eigenvalue weighted by Crippen LogP contribution is -2.25. The molecule has 1 aromatic heterocycles. The molecule has 1 aromatic carbocycles. The van der Waals surface area contributed by atoms with E-state index in [4.69, 9.17) is 10.8 Å². The van der Waals surface area contributed by atoms with Gasteiger partial charge in [0, 0.05) is 5.56 Å². The van der Waals surface area contributed by atoms with Crippen LogP contribution in [0.1, 0.15) is 27.7 Å². The summed E-state index contributed by atoms with van der Waals surface area (Å²) in [4.78, 5) is 16.3. The van der Waals surface area contributed by atoms with Crippen LogP contribution in [0, 0.1) is 26.2 Å². The second-order valence-electron chi connectivity index (χ2n) is 4.98. The number of carbonyl (C=O) groups is 1. The first kappa shape index (κ1) is 17.7. The SMILES string of the molecule is C#CCNS(=O)(=O)c1ccc(C(=O)NCc2nc(C)c(C)o2)cc1. The molecule has 0 radical (unpaired) electrons. The number of hydrogen-bond acceptors (Lipinski definition) is 5. The van der Waals surface area contributed by atoms with Gasteiger partial charge in [-0.05, 0) is 38.1 Å². The van der Waals surface area contributed by atoms with Crippen LogP contribution in [0.15, 0.2) is 33.6 Å². The lowest BCUT2D eigenvalue weighted by Gasteiger charge is -2.06. The molecule has 0 atom stereocenters. The number of aryl methyl sites for hydroxylation is 2. The Bertz CT molecular complexity index is 858. The van der Waals surface area contributed by atoms with Crippen LogP contribution in [-0.4, -0.2) is 25.9 Å². The number of benzene rings is 1. The zero-order chi connectivity index (χ0) is 17.7. The molecule has 0 unspecified atom stereocenters. The molecular formula is C16H17N3O4S. The van der Waals surface area contributed by atoms with Crippen molar-refractivity contribution in [1.29, 1.82) is 0 Å². The number of nitrogens with zero attached hydrogens (tertiary/aromatic N) is 1. The van der Waals surface area contributed by atoms with Gasteiger partial charge in [-0.1, -0.05) is 5.92 Å². The number of amides is 1. The number of hydrogen-bond donors (Lipinski definition) is 2. The van der Waals surface area contributed by atoms with Gasteiger partial charge in [-0.15, -0.1) is 6.42 Å². The molecule has 0 fully saturated rings. The van der Waals surface area contributed by atoms with E-state index in [2.05, 4.69) is 20.9 Å². The zero-order valence-electron chi connectivity index (χ0n) is 13.3. The Morgan fingerprint density at radius 3 is 2.50 bits per heavy atom. The van der Waals surface area contributed by atoms with Crippen molar-refractivity contribution in [2.45, 2.75) is 25.3 Å². The summed E-state index contributed by atoms with van der Waals surface area (Å²) in [6.45, 7) is 3.66. The van der Waals surface area contributed by atoms with Gasteiger partial charge < -0.3 is 9.73 Å². The van der Waals surface area contributed by atoms with Crippen LogP contribution >= 0.6 is 0 Å². The number of terminal acetylenes is 1. The lowest BCUT2D eigenvalue weighted by atomic mass is 10.2. The second kappa shape index (κ2) is 7.29. The third kappa shape index (κ3) is 4.22. The molecule has 0 saturated heterocycles. The third-order valence-electron chi connectivity index (χ3n) is 3.26. The van der Waals surface area contributed by atoms with Crippen LogP contribution < -0.4 is 10.0 Å². The van der Waals surface area contributed by atoms with Crippen molar-refractivity contribution >= 4 is 15.9 Å². The van der Waals surface area contributed by atoms with Gasteiger partial charge in [-0.3, -0.25) is 4.79 Å². The van der Waals surface area contributed by atoms with Crippen LogP contribution in [0.5, 0.6) is 0 Å². The van der Waals surface area contributed by atoms with E-state index in [0.29, 0.717) is 17.2 Å². The van der Waals surface area contributed by atoms with Gasteiger partial charge >= 0.3 is 0 Å². The Kier molecular flexibility index (Phi) is 5.39. The Balaban J connectivity index is 2.02. The van der Waals surface area contributed by atoms with Crippen molar-refractivity contribution in [3.63, 3.8) is 0 Å². The standard InChI is InChI=1S/C16H17N3O4S/c1-4-9-18-24(21,22)14-7-5-13(6-8-14)16(20)17-10-15-19-11(2)12(3)23-15/h1,5-8,18H,9-10H2,2-3H3,(H,17,20). The second-order valence-corrected chi connectivity index (χ2v) is 6.75. The van der Waals surface area contributed by atoms with Gasteiger partial charge in [0.1, 0.15) is 5.76 Å². The van der Waals surface area contributed by atoms with Crippen LogP contribution in [0.25, 0.3) is 0 Å². The molecule has 0 saturated carbocycles. The maximum Gasteiger partial charge on any atom is 0.251 e. The summed E-state index contributed by atoms with van der Waals surface area (Å²) in [6.07, 6.45) is 5.03. The van der Waals surface area contributed by atoms with E-state index >= 15 is 0 Å². The van der Waals surface area contributed by atoms with Gasteiger partial charge in [0.05, 0.1) is 23.7 Å². The lowest BCUT2D eigenvalue weighted by molar-refractivity contribution is 0.0947. The summed E-state index contributed by atoms with van der Waals surface area (Å²) in [6, 6.07) is 5.53. The molecule has 2 rings (SSSR count). The highest BCUT2D eigenvalue weighted by atomic mass is 32.2. The molecule has 24 heavy (non-hydrogen) atoms. The molecule has 0 aliphatic heterocycles. The van der Waals surface area contributed by atoms with Crippen LogP contribution in [0.2, 0.25) is 0 Å². The van der Waals surface area contributed by atoms with Gasteiger partial charge in [0.15, 0.2) is 0 Å². The summed E-state index contributed by atoms with van der Waals surface area (Å²) >= 11 is 0. The van der Waals surface area contributed by atoms with Crippen LogP contribution in [0.3, 0.4) is 0 Å². The van der Waals surface area contributed by atoms with E-state index in [1.54, 1.807) is 6.92 Å². The van der Waals surface area contributed by atoms with Crippen molar-refractivity contribution < 1.29 is 17.6 Å². The van der Waals surface area contributed by atoms with Crippen molar-refractivity contribution in [1.82, 2.24) is 15.0 Å². The molecule has 0 aliphatic carbocycles. The van der Waals surface area contributed by atoms with Gasteiger partial charge in [0.25, 0.3) is 5.91 Å². The molecule has 1 heterocycles. The molecule has 126 valence electrons. The minimum absolute atomic E-state index is 0.0354. The predicted octanol–water partition coefficient (Wildman–Crippen LogP) is 1.13. The minimum atomic E-state index is -3.67. The molecule has 2 N–H and O–H groups in total. The Hall–Kier alpha value is -2.63. The number of nitrogens with one attached hydrogen (secondary N) is 2. The highest BCUT2D eigenvalue weighted by Crippen LogP contribution is 2.11. The summed E-state index contributed by atoms with van der Waals surface area (Å²) in [5.74, 6) is 2.95. The van der Waals surface area contributed by atoms with Crippen LogP contribution in [0.4, 0.5) is 0 Å². The smallest absolute Gasteiger partial charge is 0.251 e. The van der Waals surface area contributed by atoms with Crippen LogP contribution in [-0.2, 0) is 16.6 Å². The largest absolute Gasteiger partial charge is 0.444 e. The fourth-order valence-corrected chi connectivity index (χ4v) is 2.81. The summed E-state index contributed by atoms with van der Waals surface area (Å²) in [5.41, 5.74) is 1.10. The van der Waals surface area contributed by atoms with E-state index < -0.39 is 10.0 Å². The van der Waals surface area contributed by atoms with Crippen molar-refractivity contribution in [2.75, 3.05) is 6.54 Å². The molecule has 2 aromatic rings.